The second kappa shape index (κ2) is 5.34. The number of aryl methyl sites for hydroxylation is 1. The lowest BCUT2D eigenvalue weighted by molar-refractivity contribution is -0.154. The van der Waals surface area contributed by atoms with Crippen molar-refractivity contribution in [1.82, 2.24) is 15.2 Å². The van der Waals surface area contributed by atoms with Crippen LogP contribution in [0.1, 0.15) is 33.0 Å². The number of aromatic amines is 1. The van der Waals surface area contributed by atoms with Gasteiger partial charge in [-0.1, -0.05) is 11.8 Å². The van der Waals surface area contributed by atoms with Crippen LogP contribution in [0.15, 0.2) is 5.16 Å². The molecule has 0 saturated carbocycles. The van der Waals surface area contributed by atoms with Gasteiger partial charge in [-0.25, -0.2) is 4.98 Å². The van der Waals surface area contributed by atoms with Crippen molar-refractivity contribution in [2.45, 2.75) is 44.9 Å². The van der Waals surface area contributed by atoms with Gasteiger partial charge in [-0.05, 0) is 27.7 Å². The molecule has 0 aromatic carbocycles. The van der Waals surface area contributed by atoms with Crippen LogP contribution in [0.4, 0.5) is 0 Å². The molecule has 0 fully saturated rings. The predicted molar refractivity (Wildman–Crippen MR) is 62.3 cm³/mol. The van der Waals surface area contributed by atoms with Crippen molar-refractivity contribution in [2.75, 3.05) is 5.75 Å². The van der Waals surface area contributed by atoms with E-state index >= 15 is 0 Å². The van der Waals surface area contributed by atoms with Gasteiger partial charge in [0.1, 0.15) is 11.4 Å². The molecule has 0 radical (unpaired) electrons. The molecule has 0 saturated heterocycles. The van der Waals surface area contributed by atoms with Crippen molar-refractivity contribution >= 4 is 17.7 Å². The lowest BCUT2D eigenvalue weighted by Gasteiger charge is -2.19. The number of esters is 1. The number of hydrogen-bond donors (Lipinski definition) is 1. The van der Waals surface area contributed by atoms with E-state index in [4.69, 9.17) is 4.74 Å². The Morgan fingerprint density at radius 1 is 1.50 bits per heavy atom. The van der Waals surface area contributed by atoms with Crippen LogP contribution in [0.3, 0.4) is 0 Å². The largest absolute Gasteiger partial charge is 0.460 e. The molecule has 0 aliphatic heterocycles. The van der Waals surface area contributed by atoms with E-state index in [-0.39, 0.29) is 5.97 Å². The number of nitrogens with zero attached hydrogens (tertiary/aromatic N) is 2. The zero-order valence-corrected chi connectivity index (χ0v) is 10.8. The van der Waals surface area contributed by atoms with Crippen molar-refractivity contribution in [3.05, 3.63) is 5.82 Å². The first-order valence-electron chi connectivity index (χ1n) is 5.10. The van der Waals surface area contributed by atoms with Gasteiger partial charge in [0.15, 0.2) is 0 Å². The molecule has 90 valence electrons. The van der Waals surface area contributed by atoms with E-state index in [1.54, 1.807) is 0 Å². The summed E-state index contributed by atoms with van der Waals surface area (Å²) < 4.78 is 5.18. The first kappa shape index (κ1) is 13.0. The molecule has 0 bridgehead atoms. The SMILES string of the molecule is Cc1nc(SCCC(=O)OC(C)(C)C)n[nH]1. The second-order valence-corrected chi connectivity index (χ2v) is 5.45. The fourth-order valence-corrected chi connectivity index (χ4v) is 1.77. The molecule has 0 aliphatic rings. The maximum Gasteiger partial charge on any atom is 0.307 e. The summed E-state index contributed by atoms with van der Waals surface area (Å²) in [5.41, 5.74) is -0.414. The van der Waals surface area contributed by atoms with Crippen LogP contribution in [0, 0.1) is 6.92 Å². The molecule has 5 nitrogen and oxygen atoms in total. The van der Waals surface area contributed by atoms with Crippen LogP contribution in [0.5, 0.6) is 0 Å². The maximum absolute atomic E-state index is 11.4. The van der Waals surface area contributed by atoms with Crippen LogP contribution in [-0.4, -0.2) is 32.5 Å². The molecule has 6 heteroatoms. The molecule has 16 heavy (non-hydrogen) atoms. The molecule has 1 rings (SSSR count). The minimum atomic E-state index is -0.414. The highest BCUT2D eigenvalue weighted by atomic mass is 32.2. The fourth-order valence-electron chi connectivity index (χ4n) is 1.00. The summed E-state index contributed by atoms with van der Waals surface area (Å²) in [5.74, 6) is 1.22. The van der Waals surface area contributed by atoms with Gasteiger partial charge in [-0.15, -0.1) is 5.10 Å². The highest BCUT2D eigenvalue weighted by Crippen LogP contribution is 2.15. The standard InChI is InChI=1S/C10H17N3O2S/c1-7-11-9(13-12-7)16-6-5-8(14)15-10(2,3)4/h5-6H2,1-4H3,(H,11,12,13). The third-order valence-corrected chi connectivity index (χ3v) is 2.38. The summed E-state index contributed by atoms with van der Waals surface area (Å²) in [7, 11) is 0. The van der Waals surface area contributed by atoms with E-state index in [2.05, 4.69) is 15.2 Å². The smallest absolute Gasteiger partial charge is 0.307 e. The quantitative estimate of drug-likeness (QED) is 0.646. The molecule has 0 unspecified atom stereocenters. The Labute approximate surface area is 99.4 Å². The number of H-pyrrole nitrogens is 1. The predicted octanol–water partition coefficient (Wildman–Crippen LogP) is 1.94. The fraction of sp³-hybridized carbons (Fsp3) is 0.700. The first-order chi connectivity index (χ1) is 7.37. The van der Waals surface area contributed by atoms with E-state index in [1.165, 1.54) is 11.8 Å². The second-order valence-electron chi connectivity index (χ2n) is 4.39. The summed E-state index contributed by atoms with van der Waals surface area (Å²) in [4.78, 5) is 15.5. The number of hydrogen-bond acceptors (Lipinski definition) is 5. The Bertz CT molecular complexity index is 357. The van der Waals surface area contributed by atoms with Crippen LogP contribution >= 0.6 is 11.8 Å². The van der Waals surface area contributed by atoms with Gasteiger partial charge < -0.3 is 4.74 Å². The van der Waals surface area contributed by atoms with Crippen LogP contribution in [0.25, 0.3) is 0 Å². The molecule has 1 aromatic rings. The van der Waals surface area contributed by atoms with E-state index in [0.717, 1.165) is 5.82 Å². The third kappa shape index (κ3) is 5.16. The number of nitrogens with one attached hydrogen (secondary N) is 1. The number of carbonyl (C=O) groups is 1. The van der Waals surface area contributed by atoms with Crippen LogP contribution in [0.2, 0.25) is 0 Å². The van der Waals surface area contributed by atoms with Crippen molar-refractivity contribution in [3.63, 3.8) is 0 Å². The molecule has 0 spiro atoms. The minimum absolute atomic E-state index is 0.188. The number of rotatable bonds is 4. The Kier molecular flexibility index (Phi) is 4.35. The van der Waals surface area contributed by atoms with Gasteiger partial charge >= 0.3 is 5.97 Å². The Hall–Kier alpha value is -1.04. The zero-order valence-electron chi connectivity index (χ0n) is 10.0. The summed E-state index contributed by atoms with van der Waals surface area (Å²) in [5, 5.41) is 7.38. The van der Waals surface area contributed by atoms with Crippen molar-refractivity contribution in [3.8, 4) is 0 Å². The van der Waals surface area contributed by atoms with Gasteiger partial charge in [0.2, 0.25) is 5.16 Å². The highest BCUT2D eigenvalue weighted by Gasteiger charge is 2.16. The van der Waals surface area contributed by atoms with E-state index in [1.807, 2.05) is 27.7 Å². The van der Waals surface area contributed by atoms with Crippen molar-refractivity contribution in [1.29, 1.82) is 0 Å². The monoisotopic (exact) mass is 243 g/mol. The first-order valence-corrected chi connectivity index (χ1v) is 6.09. The summed E-state index contributed by atoms with van der Waals surface area (Å²) in [6.07, 6.45) is 0.371. The average Bonchev–Trinajstić information content (AvgIpc) is 2.48. The highest BCUT2D eigenvalue weighted by molar-refractivity contribution is 7.99. The summed E-state index contributed by atoms with van der Waals surface area (Å²) >= 11 is 1.44. The minimum Gasteiger partial charge on any atom is -0.460 e. The molecule has 1 heterocycles. The number of aromatic nitrogens is 3. The average molecular weight is 243 g/mol. The lowest BCUT2D eigenvalue weighted by Crippen LogP contribution is -2.24. The van der Waals surface area contributed by atoms with Gasteiger partial charge in [0, 0.05) is 5.75 Å². The van der Waals surface area contributed by atoms with Gasteiger partial charge in [-0.3, -0.25) is 9.89 Å². The van der Waals surface area contributed by atoms with Gasteiger partial charge in [-0.2, -0.15) is 0 Å². The Balaban J connectivity index is 2.23. The van der Waals surface area contributed by atoms with E-state index in [9.17, 15) is 4.79 Å². The van der Waals surface area contributed by atoms with Gasteiger partial charge in [0.25, 0.3) is 0 Å². The van der Waals surface area contributed by atoms with E-state index < -0.39 is 5.60 Å². The molecule has 0 amide bonds. The maximum atomic E-state index is 11.4. The molecular formula is C10H17N3O2S. The molecule has 0 aliphatic carbocycles. The third-order valence-electron chi connectivity index (χ3n) is 1.53. The Morgan fingerprint density at radius 3 is 2.69 bits per heavy atom. The van der Waals surface area contributed by atoms with Crippen LogP contribution in [-0.2, 0) is 9.53 Å². The van der Waals surface area contributed by atoms with Gasteiger partial charge in [0.05, 0.1) is 6.42 Å². The topological polar surface area (TPSA) is 67.9 Å². The molecular weight excluding hydrogens is 226 g/mol. The Morgan fingerprint density at radius 2 is 2.19 bits per heavy atom. The van der Waals surface area contributed by atoms with Crippen molar-refractivity contribution in [2.24, 2.45) is 0 Å². The number of thioether (sulfide) groups is 1. The summed E-state index contributed by atoms with van der Waals surface area (Å²) in [6.45, 7) is 7.41. The molecule has 1 aromatic heterocycles. The van der Waals surface area contributed by atoms with Crippen molar-refractivity contribution < 1.29 is 9.53 Å². The summed E-state index contributed by atoms with van der Waals surface area (Å²) in [6, 6.07) is 0. The normalized spacial score (nSPS) is 11.5. The molecule has 1 N–H and O–H groups in total. The lowest BCUT2D eigenvalue weighted by atomic mass is 10.2. The van der Waals surface area contributed by atoms with E-state index in [0.29, 0.717) is 17.3 Å². The zero-order chi connectivity index (χ0) is 12.2. The van der Waals surface area contributed by atoms with Crippen LogP contribution < -0.4 is 0 Å². The number of ether oxygens (including phenoxy) is 1. The number of carbonyl (C=O) groups excluding carboxylic acids is 1. The molecule has 0 atom stereocenters.